The number of nitrogens with one attached hydrogen (secondary N) is 1. The number of amides is 1. The Labute approximate surface area is 212 Å². The van der Waals surface area contributed by atoms with Crippen LogP contribution < -0.4 is 14.8 Å². The number of aliphatic imine (C=N–C) groups is 1. The average molecular weight is 501 g/mol. The lowest BCUT2D eigenvalue weighted by Crippen LogP contribution is -2.19. The number of carbonyl (C=O) groups is 1. The summed E-state index contributed by atoms with van der Waals surface area (Å²) in [5.74, 6) is 1.14. The number of amidine groups is 1. The van der Waals surface area contributed by atoms with Crippen LogP contribution in [0.3, 0.4) is 0 Å². The lowest BCUT2D eigenvalue weighted by molar-refractivity contribution is -0.115. The first-order chi connectivity index (χ1) is 17.1. The lowest BCUT2D eigenvalue weighted by Gasteiger charge is -2.09. The van der Waals surface area contributed by atoms with Gasteiger partial charge in [0, 0.05) is 5.02 Å². The summed E-state index contributed by atoms with van der Waals surface area (Å²) in [5.41, 5.74) is 2.58. The van der Waals surface area contributed by atoms with Gasteiger partial charge in [0.1, 0.15) is 23.8 Å². The molecule has 1 fully saturated rings. The lowest BCUT2D eigenvalue weighted by atomic mass is 10.1. The van der Waals surface area contributed by atoms with Crippen LogP contribution in [0.5, 0.6) is 11.5 Å². The summed E-state index contributed by atoms with van der Waals surface area (Å²) < 4.78 is 11.3. The third-order valence-electron chi connectivity index (χ3n) is 5.47. The summed E-state index contributed by atoms with van der Waals surface area (Å²) in [6.07, 6.45) is 1.83. The number of ether oxygens (including phenoxy) is 2. The minimum atomic E-state index is -0.203. The van der Waals surface area contributed by atoms with E-state index >= 15 is 0 Å². The summed E-state index contributed by atoms with van der Waals surface area (Å²) in [4.78, 5) is 17.5. The fraction of sp³-hybridized carbons (Fsp3) is 0.0714. The van der Waals surface area contributed by atoms with Crippen molar-refractivity contribution < 1.29 is 14.3 Å². The van der Waals surface area contributed by atoms with Crippen molar-refractivity contribution in [2.45, 2.75) is 6.61 Å². The van der Waals surface area contributed by atoms with Crippen molar-refractivity contribution in [3.63, 3.8) is 0 Å². The van der Waals surface area contributed by atoms with Crippen LogP contribution in [-0.4, -0.2) is 18.2 Å². The number of hydrogen-bond donors (Lipinski definition) is 1. The number of thioether (sulfide) groups is 1. The van der Waals surface area contributed by atoms with E-state index in [4.69, 9.17) is 21.1 Å². The molecule has 7 heteroatoms. The van der Waals surface area contributed by atoms with Gasteiger partial charge in [-0.2, -0.15) is 0 Å². The van der Waals surface area contributed by atoms with E-state index in [1.165, 1.54) is 22.5 Å². The molecule has 0 saturated carbocycles. The molecule has 0 atom stereocenters. The summed E-state index contributed by atoms with van der Waals surface area (Å²) >= 11 is 7.35. The number of carbonyl (C=O) groups excluding carboxylic acids is 1. The van der Waals surface area contributed by atoms with Gasteiger partial charge in [0.15, 0.2) is 5.17 Å². The van der Waals surface area contributed by atoms with Gasteiger partial charge < -0.3 is 14.8 Å². The average Bonchev–Trinajstić information content (AvgIpc) is 3.22. The van der Waals surface area contributed by atoms with E-state index in [1.54, 1.807) is 25.3 Å². The molecule has 0 radical (unpaired) electrons. The van der Waals surface area contributed by atoms with Crippen molar-refractivity contribution in [3.8, 4) is 11.5 Å². The van der Waals surface area contributed by atoms with Crippen molar-refractivity contribution in [1.29, 1.82) is 0 Å². The molecule has 35 heavy (non-hydrogen) atoms. The standard InChI is InChI=1S/C28H21ClN2O3S/c1-33-25-14-11-21(29)16-24(25)30-28-31-27(32)26(35-28)15-18-9-12-22(13-10-18)34-17-20-7-4-6-19-5-2-3-8-23(19)20/h2-16H,17H2,1H3,(H,30,31,32)/b26-15-. The first-order valence-electron chi connectivity index (χ1n) is 10.9. The van der Waals surface area contributed by atoms with Gasteiger partial charge in [-0.3, -0.25) is 4.79 Å². The van der Waals surface area contributed by atoms with E-state index in [0.29, 0.717) is 33.1 Å². The van der Waals surface area contributed by atoms with E-state index in [2.05, 4.69) is 34.6 Å². The molecule has 0 bridgehead atoms. The van der Waals surface area contributed by atoms with Crippen molar-refractivity contribution in [3.05, 3.63) is 106 Å². The normalized spacial score (nSPS) is 15.5. The molecular formula is C28H21ClN2O3S. The Morgan fingerprint density at radius 2 is 1.80 bits per heavy atom. The molecule has 1 amide bonds. The minimum absolute atomic E-state index is 0.203. The van der Waals surface area contributed by atoms with Crippen LogP contribution in [0.4, 0.5) is 5.69 Å². The molecule has 5 rings (SSSR count). The molecule has 1 N–H and O–H groups in total. The first kappa shape index (κ1) is 23.0. The van der Waals surface area contributed by atoms with Crippen LogP contribution in [0, 0.1) is 0 Å². The molecule has 1 heterocycles. The maximum atomic E-state index is 12.5. The number of rotatable bonds is 6. The minimum Gasteiger partial charge on any atom is -0.494 e. The zero-order chi connectivity index (χ0) is 24.2. The molecule has 1 aliphatic heterocycles. The van der Waals surface area contributed by atoms with Gasteiger partial charge in [-0.1, -0.05) is 66.2 Å². The highest BCUT2D eigenvalue weighted by molar-refractivity contribution is 8.18. The largest absolute Gasteiger partial charge is 0.494 e. The SMILES string of the molecule is COc1ccc(Cl)cc1N=C1NC(=O)/C(=C/c2ccc(OCc3cccc4ccccc34)cc2)S1. The Kier molecular flexibility index (Phi) is 6.75. The molecule has 174 valence electrons. The Hall–Kier alpha value is -3.74. The molecule has 1 aliphatic rings. The second-order valence-corrected chi connectivity index (χ2v) is 9.26. The number of halogens is 1. The Morgan fingerprint density at radius 3 is 2.63 bits per heavy atom. The zero-order valence-corrected chi connectivity index (χ0v) is 20.4. The maximum Gasteiger partial charge on any atom is 0.264 e. The summed E-state index contributed by atoms with van der Waals surface area (Å²) in [6.45, 7) is 0.479. The summed E-state index contributed by atoms with van der Waals surface area (Å²) in [6, 6.07) is 27.3. The van der Waals surface area contributed by atoms with Crippen LogP contribution in [-0.2, 0) is 11.4 Å². The van der Waals surface area contributed by atoms with Crippen molar-refractivity contribution >= 4 is 57.0 Å². The van der Waals surface area contributed by atoms with Crippen LogP contribution in [0.1, 0.15) is 11.1 Å². The van der Waals surface area contributed by atoms with Gasteiger partial charge in [0.2, 0.25) is 0 Å². The summed E-state index contributed by atoms with van der Waals surface area (Å²) in [7, 11) is 1.56. The van der Waals surface area contributed by atoms with E-state index in [-0.39, 0.29) is 5.91 Å². The zero-order valence-electron chi connectivity index (χ0n) is 18.8. The second-order valence-electron chi connectivity index (χ2n) is 7.79. The highest BCUT2D eigenvalue weighted by Crippen LogP contribution is 2.34. The van der Waals surface area contributed by atoms with Crippen molar-refractivity contribution in [2.75, 3.05) is 7.11 Å². The second kappa shape index (κ2) is 10.3. The topological polar surface area (TPSA) is 59.9 Å². The molecule has 4 aromatic carbocycles. The van der Waals surface area contributed by atoms with Crippen LogP contribution in [0.2, 0.25) is 5.02 Å². The van der Waals surface area contributed by atoms with E-state index < -0.39 is 0 Å². The van der Waals surface area contributed by atoms with Gasteiger partial charge in [-0.25, -0.2) is 4.99 Å². The molecule has 5 nitrogen and oxygen atoms in total. The molecule has 0 aliphatic carbocycles. The van der Waals surface area contributed by atoms with Crippen LogP contribution in [0.25, 0.3) is 16.8 Å². The highest BCUT2D eigenvalue weighted by atomic mass is 35.5. The van der Waals surface area contributed by atoms with Gasteiger partial charge in [-0.05, 0) is 70.1 Å². The Morgan fingerprint density at radius 1 is 1.00 bits per heavy atom. The molecule has 0 spiro atoms. The van der Waals surface area contributed by atoms with Crippen molar-refractivity contribution in [2.24, 2.45) is 4.99 Å². The summed E-state index contributed by atoms with van der Waals surface area (Å²) in [5, 5.41) is 6.18. The fourth-order valence-corrected chi connectivity index (χ4v) is 4.73. The molecule has 0 aromatic heterocycles. The maximum absolute atomic E-state index is 12.5. The number of fused-ring (bicyclic) bond motifs is 1. The molecule has 1 saturated heterocycles. The van der Waals surface area contributed by atoms with Gasteiger partial charge in [0.05, 0.1) is 12.0 Å². The van der Waals surface area contributed by atoms with Gasteiger partial charge in [0.25, 0.3) is 5.91 Å². The predicted molar refractivity (Wildman–Crippen MR) is 144 cm³/mol. The molecular weight excluding hydrogens is 480 g/mol. The van der Waals surface area contributed by atoms with Crippen molar-refractivity contribution in [1.82, 2.24) is 5.32 Å². The van der Waals surface area contributed by atoms with Crippen LogP contribution >= 0.6 is 23.4 Å². The van der Waals surface area contributed by atoms with Crippen LogP contribution in [0.15, 0.2) is 94.8 Å². The Bertz CT molecular complexity index is 1460. The van der Waals surface area contributed by atoms with E-state index in [0.717, 1.165) is 16.9 Å². The molecule has 0 unspecified atom stereocenters. The molecule has 4 aromatic rings. The number of benzene rings is 4. The number of nitrogens with zero attached hydrogens (tertiary/aromatic N) is 1. The fourth-order valence-electron chi connectivity index (χ4n) is 3.73. The number of methoxy groups -OCH3 is 1. The van der Waals surface area contributed by atoms with E-state index in [1.807, 2.05) is 48.5 Å². The predicted octanol–water partition coefficient (Wildman–Crippen LogP) is 6.97. The highest BCUT2D eigenvalue weighted by Gasteiger charge is 2.24. The first-order valence-corrected chi connectivity index (χ1v) is 12.1. The monoisotopic (exact) mass is 500 g/mol. The quantitative estimate of drug-likeness (QED) is 0.290. The third kappa shape index (κ3) is 5.34. The third-order valence-corrected chi connectivity index (χ3v) is 6.61. The van der Waals surface area contributed by atoms with Gasteiger partial charge in [-0.15, -0.1) is 0 Å². The Balaban J connectivity index is 1.27. The number of hydrogen-bond acceptors (Lipinski definition) is 5. The van der Waals surface area contributed by atoms with E-state index in [9.17, 15) is 4.79 Å². The van der Waals surface area contributed by atoms with Gasteiger partial charge >= 0.3 is 0 Å². The smallest absolute Gasteiger partial charge is 0.264 e.